The summed E-state index contributed by atoms with van der Waals surface area (Å²) in [6.07, 6.45) is 0.499. The van der Waals surface area contributed by atoms with Gasteiger partial charge in [0.2, 0.25) is 0 Å². The van der Waals surface area contributed by atoms with E-state index in [0.29, 0.717) is 23.8 Å². The Bertz CT molecular complexity index is 1020. The van der Waals surface area contributed by atoms with E-state index >= 15 is 0 Å². The smallest absolute Gasteiger partial charge is 0.369 e. The van der Waals surface area contributed by atoms with Crippen LogP contribution in [-0.4, -0.2) is 21.3 Å². The molecule has 0 saturated carbocycles. The van der Waals surface area contributed by atoms with Gasteiger partial charge in [0.1, 0.15) is 5.82 Å². The summed E-state index contributed by atoms with van der Waals surface area (Å²) in [5, 5.41) is 7.65. The van der Waals surface area contributed by atoms with Gasteiger partial charge in [-0.1, -0.05) is 42.5 Å². The molecule has 0 bridgehead atoms. The molecule has 0 spiro atoms. The lowest BCUT2D eigenvalue weighted by atomic mass is 10.00. The molecule has 0 unspecified atom stereocenters. The van der Waals surface area contributed by atoms with E-state index in [0.717, 1.165) is 12.5 Å². The first kappa shape index (κ1) is 15.4. The van der Waals surface area contributed by atoms with Crippen molar-refractivity contribution in [3.8, 4) is 11.3 Å². The molecule has 26 heavy (non-hydrogen) atoms. The second-order valence-corrected chi connectivity index (χ2v) is 6.71. The Morgan fingerprint density at radius 2 is 1.96 bits per heavy atom. The van der Waals surface area contributed by atoms with Gasteiger partial charge >= 0.3 is 6.18 Å². The number of hydrogen-bond donors (Lipinski definition) is 1. The highest BCUT2D eigenvalue weighted by Crippen LogP contribution is 2.44. The number of anilines is 1. The van der Waals surface area contributed by atoms with Crippen molar-refractivity contribution in [2.24, 2.45) is 5.92 Å². The first-order chi connectivity index (χ1) is 12.5. The Labute approximate surface area is 147 Å². The lowest BCUT2D eigenvalue weighted by molar-refractivity contribution is -0.136. The summed E-state index contributed by atoms with van der Waals surface area (Å²) < 4.78 is 43.1. The summed E-state index contributed by atoms with van der Waals surface area (Å²) in [5.41, 5.74) is 0.342. The number of benzene rings is 1. The first-order valence-electron chi connectivity index (χ1n) is 8.49. The Kier molecular flexibility index (Phi) is 3.16. The van der Waals surface area contributed by atoms with Gasteiger partial charge in [0, 0.05) is 18.0 Å². The molecule has 2 aliphatic rings. The number of nitrogens with zero attached hydrogens (tertiary/aromatic N) is 3. The lowest BCUT2D eigenvalue weighted by Crippen LogP contribution is -2.29. The van der Waals surface area contributed by atoms with Crippen molar-refractivity contribution in [1.82, 2.24) is 14.8 Å². The van der Waals surface area contributed by atoms with E-state index in [9.17, 15) is 13.2 Å². The molecule has 2 aromatic heterocycles. The minimum absolute atomic E-state index is 0.0123. The third-order valence-electron chi connectivity index (χ3n) is 5.11. The lowest BCUT2D eigenvalue weighted by Gasteiger charge is -2.28. The molecule has 0 saturated heterocycles. The number of allylic oxidation sites excluding steroid dienone is 2. The normalized spacial score (nSPS) is 21.5. The van der Waals surface area contributed by atoms with Crippen molar-refractivity contribution in [2.45, 2.75) is 18.6 Å². The largest absolute Gasteiger partial charge is 0.417 e. The van der Waals surface area contributed by atoms with Gasteiger partial charge in [-0.2, -0.15) is 13.2 Å². The van der Waals surface area contributed by atoms with E-state index in [1.54, 1.807) is 28.9 Å². The molecular weight excluding hydrogens is 341 g/mol. The van der Waals surface area contributed by atoms with Crippen LogP contribution in [0.4, 0.5) is 19.0 Å². The Morgan fingerprint density at radius 3 is 2.73 bits per heavy atom. The van der Waals surface area contributed by atoms with Crippen molar-refractivity contribution < 1.29 is 13.2 Å². The molecule has 1 aromatic carbocycles. The summed E-state index contributed by atoms with van der Waals surface area (Å²) in [5.74, 6) is 0.729. The average Bonchev–Trinajstić information content (AvgIpc) is 3.24. The highest BCUT2D eigenvalue weighted by atomic mass is 19.4. The molecule has 3 heterocycles. The summed E-state index contributed by atoms with van der Waals surface area (Å²) in [7, 11) is 0. The van der Waals surface area contributed by atoms with Gasteiger partial charge in [-0.3, -0.25) is 0 Å². The fourth-order valence-corrected chi connectivity index (χ4v) is 3.87. The van der Waals surface area contributed by atoms with Crippen LogP contribution >= 0.6 is 0 Å². The summed E-state index contributed by atoms with van der Waals surface area (Å²) in [4.78, 5) is 4.44. The van der Waals surface area contributed by atoms with Crippen molar-refractivity contribution in [3.05, 3.63) is 54.1 Å². The number of nitrogens with one attached hydrogen (secondary N) is 1. The number of alkyl halides is 3. The van der Waals surface area contributed by atoms with E-state index in [4.69, 9.17) is 0 Å². The molecule has 0 fully saturated rings. The van der Waals surface area contributed by atoms with E-state index in [2.05, 4.69) is 21.5 Å². The quantitative estimate of drug-likeness (QED) is 0.645. The van der Waals surface area contributed by atoms with Crippen LogP contribution in [-0.2, 0) is 6.18 Å². The van der Waals surface area contributed by atoms with Gasteiger partial charge in [0.15, 0.2) is 5.65 Å². The molecule has 1 aliphatic heterocycles. The zero-order valence-corrected chi connectivity index (χ0v) is 13.7. The minimum atomic E-state index is -4.49. The van der Waals surface area contributed by atoms with Crippen LogP contribution in [0.3, 0.4) is 0 Å². The Hall–Kier alpha value is -2.83. The molecule has 5 rings (SSSR count). The van der Waals surface area contributed by atoms with Crippen molar-refractivity contribution in [3.63, 3.8) is 0 Å². The molecule has 3 aromatic rings. The Morgan fingerprint density at radius 1 is 1.15 bits per heavy atom. The molecule has 1 N–H and O–H groups in total. The van der Waals surface area contributed by atoms with Crippen LogP contribution in [0.25, 0.3) is 22.3 Å². The number of pyridine rings is 1. The molecule has 4 nitrogen and oxygen atoms in total. The van der Waals surface area contributed by atoms with Crippen LogP contribution in [0, 0.1) is 5.92 Å². The second-order valence-electron chi connectivity index (χ2n) is 6.71. The monoisotopic (exact) mass is 356 g/mol. The van der Waals surface area contributed by atoms with E-state index < -0.39 is 11.7 Å². The molecule has 0 amide bonds. The summed E-state index contributed by atoms with van der Waals surface area (Å²) in [6.45, 7) is 0.635. The SMILES string of the molecule is FC(F)(F)c1cc(-c2ccccc2)nc2nn3c(c12)NC[C@@H]1CC=C[C@@H]13. The van der Waals surface area contributed by atoms with Gasteiger partial charge in [0.05, 0.1) is 22.7 Å². The van der Waals surface area contributed by atoms with Gasteiger partial charge in [0.25, 0.3) is 0 Å². The van der Waals surface area contributed by atoms with E-state index in [1.807, 2.05) is 12.1 Å². The maximum Gasteiger partial charge on any atom is 0.417 e. The molecule has 2 atom stereocenters. The maximum atomic E-state index is 13.8. The predicted octanol–water partition coefficient (Wildman–Crippen LogP) is 4.66. The highest BCUT2D eigenvalue weighted by Gasteiger charge is 2.39. The number of fused-ring (bicyclic) bond motifs is 5. The Balaban J connectivity index is 1.79. The van der Waals surface area contributed by atoms with Gasteiger partial charge in [-0.05, 0) is 12.5 Å². The fourth-order valence-electron chi connectivity index (χ4n) is 3.87. The second kappa shape index (κ2) is 5.33. The van der Waals surface area contributed by atoms with Crippen LogP contribution < -0.4 is 5.32 Å². The molecule has 132 valence electrons. The van der Waals surface area contributed by atoms with Crippen LogP contribution in [0.15, 0.2) is 48.6 Å². The molecule has 1 aliphatic carbocycles. The fraction of sp³-hybridized carbons (Fsp3) is 0.263. The first-order valence-corrected chi connectivity index (χ1v) is 8.49. The van der Waals surface area contributed by atoms with Gasteiger partial charge in [-0.25, -0.2) is 9.67 Å². The third kappa shape index (κ3) is 2.23. The van der Waals surface area contributed by atoms with Crippen molar-refractivity contribution in [1.29, 1.82) is 0 Å². The number of rotatable bonds is 1. The maximum absolute atomic E-state index is 13.8. The average molecular weight is 356 g/mol. The minimum Gasteiger partial charge on any atom is -0.369 e. The topological polar surface area (TPSA) is 42.7 Å². The third-order valence-corrected chi connectivity index (χ3v) is 5.11. The standard InChI is InChI=1S/C19H15F3N4/c20-19(21,22)13-9-14(11-5-2-1-3-6-11)24-17-16(13)18-23-10-12-7-4-8-15(12)26(18)25-17/h1-6,8-9,12,15,23H,7,10H2/t12-,15-/m0/s1. The van der Waals surface area contributed by atoms with E-state index in [-0.39, 0.29) is 22.8 Å². The number of aromatic nitrogens is 3. The van der Waals surface area contributed by atoms with Crippen molar-refractivity contribution in [2.75, 3.05) is 11.9 Å². The number of halogens is 3. The summed E-state index contributed by atoms with van der Waals surface area (Å²) in [6, 6.07) is 9.99. The number of hydrogen-bond acceptors (Lipinski definition) is 3. The zero-order valence-electron chi connectivity index (χ0n) is 13.7. The van der Waals surface area contributed by atoms with Crippen LogP contribution in [0.1, 0.15) is 18.0 Å². The summed E-state index contributed by atoms with van der Waals surface area (Å²) >= 11 is 0. The molecular formula is C19H15F3N4. The van der Waals surface area contributed by atoms with Crippen LogP contribution in [0.5, 0.6) is 0 Å². The van der Waals surface area contributed by atoms with Crippen LogP contribution in [0.2, 0.25) is 0 Å². The van der Waals surface area contributed by atoms with E-state index in [1.165, 1.54) is 0 Å². The molecule has 7 heteroatoms. The predicted molar refractivity (Wildman–Crippen MR) is 92.7 cm³/mol. The molecule has 0 radical (unpaired) electrons. The van der Waals surface area contributed by atoms with Gasteiger partial charge in [-0.15, -0.1) is 5.10 Å². The zero-order chi connectivity index (χ0) is 17.9. The van der Waals surface area contributed by atoms with Gasteiger partial charge < -0.3 is 5.32 Å². The van der Waals surface area contributed by atoms with Crippen molar-refractivity contribution >= 4 is 16.9 Å². The highest BCUT2D eigenvalue weighted by molar-refractivity contribution is 5.93.